The predicted molar refractivity (Wildman–Crippen MR) is 176 cm³/mol. The summed E-state index contributed by atoms with van der Waals surface area (Å²) in [4.78, 5) is 54.8. The number of non-ortho nitro benzene ring substituents is 1. The van der Waals surface area contributed by atoms with E-state index in [1.165, 1.54) is 37.4 Å². The van der Waals surface area contributed by atoms with Gasteiger partial charge in [-0.05, 0) is 52.8 Å². The van der Waals surface area contributed by atoms with Crippen molar-refractivity contribution in [2.75, 3.05) is 6.26 Å². The Morgan fingerprint density at radius 3 is 2.09 bits per heavy atom. The van der Waals surface area contributed by atoms with Crippen molar-refractivity contribution >= 4 is 41.5 Å². The molecule has 4 aromatic carbocycles. The molecule has 1 aliphatic rings. The molecule has 12 heteroatoms. The molecule has 0 N–H and O–H groups in total. The van der Waals surface area contributed by atoms with Crippen molar-refractivity contribution in [2.24, 2.45) is 4.99 Å². The molecule has 1 amide bonds. The summed E-state index contributed by atoms with van der Waals surface area (Å²) >= 11 is 1.04. The Hall–Kier alpha value is -5.49. The van der Waals surface area contributed by atoms with E-state index in [1.807, 2.05) is 60.7 Å². The first-order valence-corrected chi connectivity index (χ1v) is 15.8. The summed E-state index contributed by atoms with van der Waals surface area (Å²) in [6.07, 6.45) is 1.74. The van der Waals surface area contributed by atoms with Gasteiger partial charge in [0, 0.05) is 25.3 Å². The Kier molecular flexibility index (Phi) is 10.3. The van der Waals surface area contributed by atoms with Gasteiger partial charge in [0.25, 0.3) is 11.6 Å². The Bertz CT molecular complexity index is 1750. The van der Waals surface area contributed by atoms with Crippen LogP contribution in [-0.4, -0.2) is 51.2 Å². The van der Waals surface area contributed by atoms with E-state index in [0.717, 1.165) is 27.8 Å². The molecule has 0 bridgehead atoms. The van der Waals surface area contributed by atoms with Gasteiger partial charge in [0.2, 0.25) is 11.1 Å². The van der Waals surface area contributed by atoms with Crippen LogP contribution in [0, 0.1) is 10.1 Å². The van der Waals surface area contributed by atoms with Crippen LogP contribution in [0.2, 0.25) is 0 Å². The number of nitro groups is 1. The topological polar surface area (TPSA) is 138 Å². The summed E-state index contributed by atoms with van der Waals surface area (Å²) in [6, 6.07) is 29.8. The smallest absolute Gasteiger partial charge is 0.334 e. The third-order valence-corrected chi connectivity index (χ3v) is 8.50. The average molecular weight is 654 g/mol. The fourth-order valence-electron chi connectivity index (χ4n) is 4.98. The third kappa shape index (κ3) is 7.50. The number of likely N-dealkylation sites (tertiary alicyclic amines) is 1. The van der Waals surface area contributed by atoms with Crippen LogP contribution in [0.3, 0.4) is 0 Å². The fraction of sp³-hybridized carbons (Fsp3) is 0.200. The Labute approximate surface area is 275 Å². The Morgan fingerprint density at radius 2 is 1.53 bits per heavy atom. The molecule has 1 fully saturated rings. The van der Waals surface area contributed by atoms with Crippen LogP contribution >= 0.6 is 11.8 Å². The van der Waals surface area contributed by atoms with Crippen LogP contribution in [0.25, 0.3) is 0 Å². The minimum absolute atomic E-state index is 0.0410. The predicted octanol–water partition coefficient (Wildman–Crippen LogP) is 5.87. The monoisotopic (exact) mass is 653 g/mol. The molecular formula is C35H31N3O8S. The van der Waals surface area contributed by atoms with Gasteiger partial charge >= 0.3 is 11.9 Å². The van der Waals surface area contributed by atoms with Gasteiger partial charge in [-0.2, -0.15) is 0 Å². The molecule has 0 spiro atoms. The zero-order valence-electron chi connectivity index (χ0n) is 25.6. The molecular weight excluding hydrogens is 622 g/mol. The van der Waals surface area contributed by atoms with E-state index in [-0.39, 0.29) is 12.3 Å². The van der Waals surface area contributed by atoms with Gasteiger partial charge in [0.05, 0.1) is 4.92 Å². The number of carbonyl (C=O) groups is 3. The molecule has 11 nitrogen and oxygen atoms in total. The summed E-state index contributed by atoms with van der Waals surface area (Å²) in [7, 11) is 0. The van der Waals surface area contributed by atoms with E-state index in [2.05, 4.69) is 4.99 Å². The lowest BCUT2D eigenvalue weighted by atomic mass is 9.95. The number of ether oxygens (including phenoxy) is 3. The first-order valence-electron chi connectivity index (χ1n) is 14.5. The van der Waals surface area contributed by atoms with Crippen LogP contribution in [-0.2, 0) is 37.1 Å². The molecule has 3 atom stereocenters. The number of β-lactam (4-membered cyclic amide) rings is 1. The number of carbonyl (C=O) groups excluding carboxylic acids is 3. The zero-order valence-corrected chi connectivity index (χ0v) is 26.4. The van der Waals surface area contributed by atoms with Crippen molar-refractivity contribution in [3.8, 4) is 5.75 Å². The van der Waals surface area contributed by atoms with E-state index in [1.54, 1.807) is 30.5 Å². The zero-order chi connectivity index (χ0) is 33.4. The Morgan fingerprint density at radius 1 is 0.936 bits per heavy atom. The molecule has 1 aliphatic heterocycles. The van der Waals surface area contributed by atoms with E-state index in [4.69, 9.17) is 14.2 Å². The molecule has 1 unspecified atom stereocenters. The normalized spacial score (nSPS) is 17.9. The number of nitro benzene ring substituents is 1. The maximum Gasteiger partial charge on any atom is 0.334 e. The highest BCUT2D eigenvalue weighted by molar-refractivity contribution is 8.00. The van der Waals surface area contributed by atoms with Gasteiger partial charge in [-0.15, -0.1) is 11.8 Å². The first kappa shape index (κ1) is 32.9. The largest absolute Gasteiger partial charge is 0.489 e. The summed E-state index contributed by atoms with van der Waals surface area (Å²) in [6.45, 7) is 1.50. The van der Waals surface area contributed by atoms with Crippen LogP contribution in [0.4, 0.5) is 5.69 Å². The Balaban J connectivity index is 1.45. The summed E-state index contributed by atoms with van der Waals surface area (Å²) < 4.78 is 17.3. The molecule has 47 heavy (non-hydrogen) atoms. The molecule has 5 rings (SSSR count). The quantitative estimate of drug-likeness (QED) is 0.0570. The lowest BCUT2D eigenvalue weighted by Gasteiger charge is -2.53. The number of esters is 2. The van der Waals surface area contributed by atoms with Crippen LogP contribution < -0.4 is 4.74 Å². The lowest BCUT2D eigenvalue weighted by molar-refractivity contribution is -0.384. The van der Waals surface area contributed by atoms with Crippen LogP contribution in [0.1, 0.15) is 35.2 Å². The van der Waals surface area contributed by atoms with Crippen molar-refractivity contribution in [2.45, 2.75) is 37.3 Å². The number of thioether (sulfide) groups is 1. The second-order valence-electron chi connectivity index (χ2n) is 10.5. The third-order valence-electron chi connectivity index (χ3n) is 7.40. The highest BCUT2D eigenvalue weighted by Gasteiger charge is 2.66. The minimum Gasteiger partial charge on any atom is -0.489 e. The van der Waals surface area contributed by atoms with E-state index >= 15 is 0 Å². The standard InChI is InChI=1S/C35H31N3O8S/c1-24(39)46-34-35(47-2,36-21-25-13-17-29(18-14-25)38(42)43)33(41)37(34)31(32(40)45-23-27-11-7-4-8-12-27)28-15-19-30(20-16-28)44-22-26-9-5-3-6-10-26/h3-21,31,34H,22-23H2,1-2H3/b36-21+/t31?,34-,35-/m0/s1. The van der Waals surface area contributed by atoms with Gasteiger partial charge < -0.3 is 14.2 Å². The minimum atomic E-state index is -1.62. The van der Waals surface area contributed by atoms with Gasteiger partial charge in [-0.3, -0.25) is 29.6 Å². The highest BCUT2D eigenvalue weighted by atomic mass is 32.2. The SMILES string of the molecule is CS[C@@]1(/N=C/c2ccc([N+](=O)[O-])cc2)C(=O)N(C(C(=O)OCc2ccccc2)c2ccc(OCc3ccccc3)cc2)[C@H]1OC(C)=O. The molecule has 0 aliphatic carbocycles. The molecule has 4 aromatic rings. The second kappa shape index (κ2) is 14.7. The van der Waals surface area contributed by atoms with E-state index in [9.17, 15) is 24.5 Å². The first-order chi connectivity index (χ1) is 22.7. The van der Waals surface area contributed by atoms with Gasteiger partial charge in [0.1, 0.15) is 19.0 Å². The van der Waals surface area contributed by atoms with Crippen LogP contribution in [0.5, 0.6) is 5.75 Å². The van der Waals surface area contributed by atoms with Gasteiger partial charge in [0.15, 0.2) is 6.04 Å². The molecule has 240 valence electrons. The number of aliphatic imine (C=N–C) groups is 1. The number of hydrogen-bond acceptors (Lipinski definition) is 10. The fourth-order valence-corrected chi connectivity index (χ4v) is 5.78. The summed E-state index contributed by atoms with van der Waals surface area (Å²) in [5, 5.41) is 11.1. The number of benzene rings is 4. The van der Waals surface area contributed by atoms with Crippen molar-refractivity contribution in [1.82, 2.24) is 4.90 Å². The van der Waals surface area contributed by atoms with E-state index < -0.39 is 39.9 Å². The highest BCUT2D eigenvalue weighted by Crippen LogP contribution is 2.48. The number of rotatable bonds is 13. The van der Waals surface area contributed by atoms with Gasteiger partial charge in [-0.1, -0.05) is 72.8 Å². The average Bonchev–Trinajstić information content (AvgIpc) is 3.09. The van der Waals surface area contributed by atoms with Crippen molar-refractivity contribution in [3.05, 3.63) is 142 Å². The molecule has 1 saturated heterocycles. The number of nitrogens with zero attached hydrogens (tertiary/aromatic N) is 3. The maximum atomic E-state index is 14.1. The van der Waals surface area contributed by atoms with E-state index in [0.29, 0.717) is 23.5 Å². The molecule has 0 aromatic heterocycles. The van der Waals surface area contributed by atoms with Gasteiger partial charge in [-0.25, -0.2) is 4.79 Å². The van der Waals surface area contributed by atoms with Crippen LogP contribution in [0.15, 0.2) is 114 Å². The number of hydrogen-bond donors (Lipinski definition) is 0. The number of amides is 1. The lowest BCUT2D eigenvalue weighted by Crippen LogP contribution is -2.73. The molecule has 1 heterocycles. The van der Waals surface area contributed by atoms with Crippen molar-refractivity contribution in [1.29, 1.82) is 0 Å². The van der Waals surface area contributed by atoms with Crippen molar-refractivity contribution < 1.29 is 33.5 Å². The second-order valence-corrected chi connectivity index (χ2v) is 11.6. The summed E-state index contributed by atoms with van der Waals surface area (Å²) in [5.41, 5.74) is 2.54. The summed E-state index contributed by atoms with van der Waals surface area (Å²) in [5.74, 6) is -1.45. The maximum absolute atomic E-state index is 14.1. The molecule has 0 radical (unpaired) electrons. The molecule has 0 saturated carbocycles. The van der Waals surface area contributed by atoms with Crippen molar-refractivity contribution in [3.63, 3.8) is 0 Å².